The highest BCUT2D eigenvalue weighted by molar-refractivity contribution is 6.60. The zero-order valence-corrected chi connectivity index (χ0v) is 15.5. The highest BCUT2D eigenvalue weighted by atomic mass is 28.3. The molecular formula is C18H39Si. The van der Waals surface area contributed by atoms with Crippen molar-refractivity contribution in [2.45, 2.75) is 116 Å². The minimum absolute atomic E-state index is 0.167. The molecule has 0 aliphatic carbocycles. The van der Waals surface area contributed by atoms with Gasteiger partial charge in [-0.25, -0.2) is 0 Å². The third-order valence-corrected chi connectivity index (χ3v) is 8.50. The van der Waals surface area contributed by atoms with Crippen LogP contribution in [0.2, 0.25) is 17.6 Å². The first-order valence-electron chi connectivity index (χ1n) is 8.99. The minimum Gasteiger partial charge on any atom is -0.0706 e. The first-order valence-corrected chi connectivity index (χ1v) is 11.2. The van der Waals surface area contributed by atoms with Crippen molar-refractivity contribution >= 4 is 8.80 Å². The minimum atomic E-state index is -0.167. The lowest BCUT2D eigenvalue weighted by Gasteiger charge is -2.39. The van der Waals surface area contributed by atoms with Crippen LogP contribution in [0.5, 0.6) is 0 Å². The van der Waals surface area contributed by atoms with E-state index in [-0.39, 0.29) is 8.80 Å². The van der Waals surface area contributed by atoms with Gasteiger partial charge in [0.05, 0.1) is 8.80 Å². The highest BCUT2D eigenvalue weighted by Gasteiger charge is 2.34. The Morgan fingerprint density at radius 1 is 0.632 bits per heavy atom. The maximum atomic E-state index is 2.65. The van der Waals surface area contributed by atoms with Gasteiger partial charge in [0.1, 0.15) is 0 Å². The van der Waals surface area contributed by atoms with Crippen LogP contribution in [0.25, 0.3) is 0 Å². The zero-order valence-electron chi connectivity index (χ0n) is 14.5. The lowest BCUT2D eigenvalue weighted by atomic mass is 9.89. The zero-order chi connectivity index (χ0) is 14.6. The third kappa shape index (κ3) is 7.53. The van der Waals surface area contributed by atoms with E-state index in [1.807, 2.05) is 0 Å². The second kappa shape index (κ2) is 12.0. The summed E-state index contributed by atoms with van der Waals surface area (Å²) in [5.41, 5.74) is 0. The third-order valence-electron chi connectivity index (χ3n) is 4.84. The van der Waals surface area contributed by atoms with E-state index in [4.69, 9.17) is 0 Å². The van der Waals surface area contributed by atoms with E-state index in [1.54, 1.807) is 6.04 Å². The summed E-state index contributed by atoms with van der Waals surface area (Å²) in [6, 6.07) is 1.55. The lowest BCUT2D eigenvalue weighted by Crippen LogP contribution is -2.30. The molecule has 0 heterocycles. The molecule has 0 aromatic carbocycles. The molecule has 0 aromatic rings. The monoisotopic (exact) mass is 283 g/mol. The molecule has 0 aliphatic heterocycles. The molecule has 0 atom stereocenters. The molecule has 0 fully saturated rings. The number of hydrogen-bond donors (Lipinski definition) is 0. The Balaban J connectivity index is 4.73. The van der Waals surface area contributed by atoms with Gasteiger partial charge in [0.25, 0.3) is 0 Å². The second-order valence-electron chi connectivity index (χ2n) is 6.47. The molecule has 1 radical (unpaired) electrons. The molecule has 0 N–H and O–H groups in total. The van der Waals surface area contributed by atoms with Gasteiger partial charge in [-0.1, -0.05) is 111 Å². The van der Waals surface area contributed by atoms with Crippen LogP contribution in [0, 0.1) is 0 Å². The SMILES string of the molecule is CCCC[Si](C)C(CCCC)(CCCC)CCCC. The largest absolute Gasteiger partial charge is 0.0706 e. The molecule has 0 nitrogen and oxygen atoms in total. The van der Waals surface area contributed by atoms with Crippen molar-refractivity contribution in [1.29, 1.82) is 0 Å². The Hall–Kier alpha value is 0.217. The Morgan fingerprint density at radius 3 is 1.32 bits per heavy atom. The van der Waals surface area contributed by atoms with Gasteiger partial charge in [-0.3, -0.25) is 0 Å². The van der Waals surface area contributed by atoms with Crippen LogP contribution in [0.1, 0.15) is 98.3 Å². The van der Waals surface area contributed by atoms with Crippen LogP contribution in [-0.4, -0.2) is 8.80 Å². The molecule has 0 aliphatic rings. The van der Waals surface area contributed by atoms with Gasteiger partial charge in [0, 0.05) is 0 Å². The van der Waals surface area contributed by atoms with Gasteiger partial charge in [-0.2, -0.15) is 0 Å². The molecular weight excluding hydrogens is 244 g/mol. The van der Waals surface area contributed by atoms with Crippen molar-refractivity contribution in [3.63, 3.8) is 0 Å². The van der Waals surface area contributed by atoms with Crippen LogP contribution in [-0.2, 0) is 0 Å². The van der Waals surface area contributed by atoms with Crippen molar-refractivity contribution in [1.82, 2.24) is 0 Å². The topological polar surface area (TPSA) is 0 Å². The lowest BCUT2D eigenvalue weighted by molar-refractivity contribution is 0.391. The summed E-state index contributed by atoms with van der Waals surface area (Å²) in [6.45, 7) is 12.1. The fraction of sp³-hybridized carbons (Fsp3) is 1.00. The summed E-state index contributed by atoms with van der Waals surface area (Å²) < 4.78 is 0. The van der Waals surface area contributed by atoms with E-state index < -0.39 is 0 Å². The second-order valence-corrected chi connectivity index (χ2v) is 9.60. The summed E-state index contributed by atoms with van der Waals surface area (Å²) in [6.07, 6.45) is 15.9. The smallest absolute Gasteiger partial charge is 0.0513 e. The number of hydrogen-bond acceptors (Lipinski definition) is 0. The quantitative estimate of drug-likeness (QED) is 0.313. The molecule has 0 bridgehead atoms. The van der Waals surface area contributed by atoms with Crippen LogP contribution in [0.3, 0.4) is 0 Å². The molecule has 0 amide bonds. The van der Waals surface area contributed by atoms with E-state index in [0.29, 0.717) is 0 Å². The molecule has 0 saturated carbocycles. The molecule has 115 valence electrons. The number of rotatable bonds is 13. The first kappa shape index (κ1) is 19.2. The predicted molar refractivity (Wildman–Crippen MR) is 92.6 cm³/mol. The average Bonchev–Trinajstić information content (AvgIpc) is 2.44. The van der Waals surface area contributed by atoms with Gasteiger partial charge in [-0.15, -0.1) is 0 Å². The van der Waals surface area contributed by atoms with Crippen molar-refractivity contribution in [2.75, 3.05) is 0 Å². The summed E-state index contributed by atoms with van der Waals surface area (Å²) in [4.78, 5) is 0. The molecule has 0 unspecified atom stereocenters. The normalized spacial score (nSPS) is 12.3. The van der Waals surface area contributed by atoms with E-state index in [9.17, 15) is 0 Å². The summed E-state index contributed by atoms with van der Waals surface area (Å²) in [5, 5.41) is 0.766. The van der Waals surface area contributed by atoms with E-state index in [0.717, 1.165) is 5.04 Å². The highest BCUT2D eigenvalue weighted by Crippen LogP contribution is 2.47. The molecule has 0 aromatic heterocycles. The first-order chi connectivity index (χ1) is 9.16. The summed E-state index contributed by atoms with van der Waals surface area (Å²) in [7, 11) is -0.167. The van der Waals surface area contributed by atoms with Crippen molar-refractivity contribution in [2.24, 2.45) is 0 Å². The number of unbranched alkanes of at least 4 members (excludes halogenated alkanes) is 4. The predicted octanol–water partition coefficient (Wildman–Crippen LogP) is 7.22. The van der Waals surface area contributed by atoms with Gasteiger partial charge >= 0.3 is 0 Å². The molecule has 1 heteroatoms. The maximum absolute atomic E-state index is 2.65. The van der Waals surface area contributed by atoms with E-state index >= 15 is 0 Å². The van der Waals surface area contributed by atoms with Crippen molar-refractivity contribution in [3.05, 3.63) is 0 Å². The molecule has 0 rings (SSSR count). The van der Waals surface area contributed by atoms with Crippen LogP contribution >= 0.6 is 0 Å². The van der Waals surface area contributed by atoms with Crippen LogP contribution in [0.15, 0.2) is 0 Å². The maximum Gasteiger partial charge on any atom is 0.0513 e. The Labute approximate surface area is 125 Å². The van der Waals surface area contributed by atoms with Gasteiger partial charge < -0.3 is 0 Å². The molecule has 0 spiro atoms. The fourth-order valence-electron chi connectivity index (χ4n) is 3.27. The summed E-state index contributed by atoms with van der Waals surface area (Å²) in [5.74, 6) is 0. The van der Waals surface area contributed by atoms with Gasteiger partial charge in [0.2, 0.25) is 0 Å². The van der Waals surface area contributed by atoms with Crippen molar-refractivity contribution in [3.8, 4) is 0 Å². The Kier molecular flexibility index (Phi) is 12.1. The van der Waals surface area contributed by atoms with Gasteiger partial charge in [0.15, 0.2) is 0 Å². The van der Waals surface area contributed by atoms with E-state index in [2.05, 4.69) is 34.2 Å². The average molecular weight is 284 g/mol. The molecule has 0 saturated heterocycles. The van der Waals surface area contributed by atoms with E-state index in [1.165, 1.54) is 70.6 Å². The summed E-state index contributed by atoms with van der Waals surface area (Å²) >= 11 is 0. The standard InChI is InChI=1S/C18H39Si/c1-6-10-14-18(15-11-7-2,16-12-8-3)19(5)17-13-9-4/h6-17H2,1-5H3. The Morgan fingerprint density at radius 2 is 1.00 bits per heavy atom. The van der Waals surface area contributed by atoms with Crippen LogP contribution in [0.4, 0.5) is 0 Å². The van der Waals surface area contributed by atoms with Gasteiger partial charge in [-0.05, 0) is 5.04 Å². The van der Waals surface area contributed by atoms with Crippen LogP contribution < -0.4 is 0 Å². The van der Waals surface area contributed by atoms with Crippen molar-refractivity contribution < 1.29 is 0 Å². The fourth-order valence-corrected chi connectivity index (χ4v) is 6.49. The Bertz CT molecular complexity index is 166. The molecule has 19 heavy (non-hydrogen) atoms.